The molecule has 0 amide bonds. The summed E-state index contributed by atoms with van der Waals surface area (Å²) in [4.78, 5) is 9.11. The van der Waals surface area contributed by atoms with Gasteiger partial charge in [-0.1, -0.05) is 24.9 Å². The summed E-state index contributed by atoms with van der Waals surface area (Å²) in [6.07, 6.45) is 0. The van der Waals surface area contributed by atoms with E-state index in [1.807, 2.05) is 55.2 Å². The molecular weight excluding hydrogens is 295 g/mol. The third-order valence-electron chi connectivity index (χ3n) is 3.08. The van der Waals surface area contributed by atoms with Crippen molar-refractivity contribution in [2.24, 2.45) is 5.73 Å². The Bertz CT molecular complexity index is 728. The predicted octanol–water partition coefficient (Wildman–Crippen LogP) is 1.58. The van der Waals surface area contributed by atoms with Gasteiger partial charge in [0.25, 0.3) is 0 Å². The van der Waals surface area contributed by atoms with Crippen LogP contribution < -0.4 is 21.0 Å². The Morgan fingerprint density at radius 1 is 1.14 bits per heavy atom. The van der Waals surface area contributed by atoms with Crippen molar-refractivity contribution < 1.29 is 9.57 Å². The van der Waals surface area contributed by atoms with E-state index in [0.29, 0.717) is 18.8 Å². The average Bonchev–Trinajstić information content (AvgIpc) is 2.93. The minimum absolute atomic E-state index is 0.437. The number of hydrogen-bond donors (Lipinski definition) is 3. The lowest BCUT2D eigenvalue weighted by Gasteiger charge is -2.02. The molecule has 0 fully saturated rings. The van der Waals surface area contributed by atoms with Gasteiger partial charge in [0.05, 0.1) is 5.56 Å². The zero-order valence-corrected chi connectivity index (χ0v) is 13.8. The number of nitrogens with two attached hydrogens (primary N) is 2. The molecule has 6 heteroatoms. The first-order valence-electron chi connectivity index (χ1n) is 7.09. The number of H-pyrrole nitrogens is 1. The van der Waals surface area contributed by atoms with E-state index in [4.69, 9.17) is 16.3 Å². The van der Waals surface area contributed by atoms with Crippen LogP contribution in [0.1, 0.15) is 0 Å². The van der Waals surface area contributed by atoms with E-state index >= 15 is 0 Å². The van der Waals surface area contributed by atoms with Crippen LogP contribution in [0.25, 0.3) is 22.4 Å². The number of aromatic nitrogens is 2. The molecule has 0 bridgehead atoms. The SMILES string of the molecule is CP.NCCO[n+]1c(-c2ccccc2)[nH]c2ccc(N)cc21. The summed E-state index contributed by atoms with van der Waals surface area (Å²) in [5.74, 6) is 0.875. The smallest absolute Gasteiger partial charge is 0.327 e. The van der Waals surface area contributed by atoms with E-state index in [2.05, 4.69) is 14.2 Å². The van der Waals surface area contributed by atoms with Crippen molar-refractivity contribution in [3.63, 3.8) is 0 Å². The molecule has 0 aliphatic carbocycles. The first kappa shape index (κ1) is 16.3. The number of imidazole rings is 1. The van der Waals surface area contributed by atoms with Crippen LogP contribution in [0.4, 0.5) is 5.69 Å². The Morgan fingerprint density at radius 2 is 1.86 bits per heavy atom. The standard InChI is InChI=1S/C15H16N4O.CH5P/c16-8-9-20-19-14-10-12(17)6-7-13(14)18-15(19)11-4-2-1-3-5-11;1-2/h1-7,10H,8-9,16-17H2;2H2,1H3/p+1. The van der Waals surface area contributed by atoms with E-state index in [9.17, 15) is 0 Å². The molecule has 0 saturated heterocycles. The number of nitrogens with one attached hydrogen (secondary N) is 1. The van der Waals surface area contributed by atoms with Crippen molar-refractivity contribution in [1.82, 2.24) is 4.98 Å². The summed E-state index contributed by atoms with van der Waals surface area (Å²) in [5, 5.41) is 0. The molecule has 1 atom stereocenters. The highest BCUT2D eigenvalue weighted by atomic mass is 31.0. The van der Waals surface area contributed by atoms with Crippen molar-refractivity contribution >= 4 is 26.0 Å². The fraction of sp³-hybridized carbons (Fsp3) is 0.188. The van der Waals surface area contributed by atoms with Gasteiger partial charge in [-0.2, -0.15) is 0 Å². The second-order valence-corrected chi connectivity index (χ2v) is 4.53. The van der Waals surface area contributed by atoms with E-state index in [0.717, 1.165) is 22.4 Å². The summed E-state index contributed by atoms with van der Waals surface area (Å²) in [7, 11) is 2.42. The normalized spacial score (nSPS) is 10.1. The average molecular weight is 317 g/mol. The second-order valence-electron chi connectivity index (χ2n) is 4.53. The molecule has 116 valence electrons. The Labute approximate surface area is 132 Å². The van der Waals surface area contributed by atoms with Crippen molar-refractivity contribution in [2.45, 2.75) is 0 Å². The fourth-order valence-electron chi connectivity index (χ4n) is 2.18. The second kappa shape index (κ2) is 7.78. The molecule has 5 nitrogen and oxygen atoms in total. The van der Waals surface area contributed by atoms with Gasteiger partial charge in [-0.3, -0.25) is 0 Å². The largest absolute Gasteiger partial charge is 0.399 e. The van der Waals surface area contributed by atoms with E-state index in [-0.39, 0.29) is 0 Å². The summed E-state index contributed by atoms with van der Waals surface area (Å²) in [6, 6.07) is 15.7. The third-order valence-corrected chi connectivity index (χ3v) is 3.08. The lowest BCUT2D eigenvalue weighted by molar-refractivity contribution is -0.862. The van der Waals surface area contributed by atoms with Crippen molar-refractivity contribution in [2.75, 3.05) is 25.6 Å². The molecule has 1 heterocycles. The molecule has 22 heavy (non-hydrogen) atoms. The molecular formula is C16H22N4OP+. The minimum Gasteiger partial charge on any atom is -0.399 e. The van der Waals surface area contributed by atoms with Crippen LogP contribution in [0, 0.1) is 0 Å². The Morgan fingerprint density at radius 3 is 2.55 bits per heavy atom. The van der Waals surface area contributed by atoms with E-state index in [1.165, 1.54) is 0 Å². The molecule has 0 saturated carbocycles. The van der Waals surface area contributed by atoms with Crippen LogP contribution >= 0.6 is 9.24 Å². The number of nitrogen functional groups attached to an aromatic ring is 1. The van der Waals surface area contributed by atoms with Gasteiger partial charge < -0.3 is 16.3 Å². The molecule has 0 radical (unpaired) electrons. The van der Waals surface area contributed by atoms with Crippen molar-refractivity contribution in [1.29, 1.82) is 0 Å². The Kier molecular flexibility index (Phi) is 5.75. The number of anilines is 1. The maximum Gasteiger partial charge on any atom is 0.327 e. The Hall–Kier alpha value is -2.10. The van der Waals surface area contributed by atoms with Gasteiger partial charge in [-0.25, -0.2) is 4.98 Å². The number of nitrogens with zero attached hydrogens (tertiary/aromatic N) is 1. The first-order valence-corrected chi connectivity index (χ1v) is 8.25. The van der Waals surface area contributed by atoms with Crippen LogP contribution in [0.15, 0.2) is 48.5 Å². The topological polar surface area (TPSA) is 80.9 Å². The Balaban J connectivity index is 0.000000847. The van der Waals surface area contributed by atoms with Crippen LogP contribution in [0.3, 0.4) is 0 Å². The van der Waals surface area contributed by atoms with Crippen LogP contribution in [0.5, 0.6) is 0 Å². The number of rotatable bonds is 4. The maximum absolute atomic E-state index is 5.86. The van der Waals surface area contributed by atoms with Gasteiger partial charge in [0.2, 0.25) is 5.52 Å². The summed E-state index contributed by atoms with van der Waals surface area (Å²) in [5.41, 5.74) is 15.0. The maximum atomic E-state index is 5.86. The summed E-state index contributed by atoms with van der Waals surface area (Å²) < 4.78 is 1.76. The zero-order valence-electron chi connectivity index (χ0n) is 12.6. The predicted molar refractivity (Wildman–Crippen MR) is 94.5 cm³/mol. The zero-order chi connectivity index (χ0) is 15.9. The van der Waals surface area contributed by atoms with Crippen LogP contribution in [-0.2, 0) is 0 Å². The monoisotopic (exact) mass is 317 g/mol. The van der Waals surface area contributed by atoms with E-state index < -0.39 is 0 Å². The molecule has 2 aromatic carbocycles. The number of hydrogen-bond acceptors (Lipinski definition) is 3. The molecule has 0 spiro atoms. The highest BCUT2D eigenvalue weighted by molar-refractivity contribution is 7.15. The fourth-order valence-corrected chi connectivity index (χ4v) is 2.18. The van der Waals surface area contributed by atoms with Gasteiger partial charge in [0, 0.05) is 18.3 Å². The van der Waals surface area contributed by atoms with Gasteiger partial charge in [0.15, 0.2) is 12.1 Å². The molecule has 5 N–H and O–H groups in total. The third kappa shape index (κ3) is 3.38. The van der Waals surface area contributed by atoms with Crippen molar-refractivity contribution in [3.8, 4) is 11.4 Å². The van der Waals surface area contributed by atoms with Crippen LogP contribution in [0.2, 0.25) is 0 Å². The number of benzene rings is 2. The van der Waals surface area contributed by atoms with Gasteiger partial charge in [-0.05, 0) is 29.0 Å². The minimum atomic E-state index is 0.437. The number of aromatic amines is 1. The van der Waals surface area contributed by atoms with Gasteiger partial charge in [-0.15, -0.1) is 9.24 Å². The first-order chi connectivity index (χ1) is 10.8. The summed E-state index contributed by atoms with van der Waals surface area (Å²) >= 11 is 0. The summed E-state index contributed by atoms with van der Waals surface area (Å²) in [6.45, 7) is 2.81. The van der Waals surface area contributed by atoms with Gasteiger partial charge in [0.1, 0.15) is 0 Å². The molecule has 3 aromatic rings. The van der Waals surface area contributed by atoms with Crippen LogP contribution in [-0.4, -0.2) is 24.8 Å². The highest BCUT2D eigenvalue weighted by Crippen LogP contribution is 2.19. The lowest BCUT2D eigenvalue weighted by atomic mass is 10.2. The molecule has 1 aromatic heterocycles. The van der Waals surface area contributed by atoms with E-state index in [1.54, 1.807) is 4.73 Å². The molecule has 0 aliphatic heterocycles. The quantitative estimate of drug-likeness (QED) is 0.388. The molecule has 3 rings (SSSR count). The lowest BCUT2D eigenvalue weighted by Crippen LogP contribution is -2.45. The highest BCUT2D eigenvalue weighted by Gasteiger charge is 2.21. The van der Waals surface area contributed by atoms with Crippen molar-refractivity contribution in [3.05, 3.63) is 48.5 Å². The van der Waals surface area contributed by atoms with Gasteiger partial charge >= 0.3 is 5.82 Å². The number of fused-ring (bicyclic) bond motifs is 1. The molecule has 1 unspecified atom stereocenters. The molecule has 0 aliphatic rings.